The molecule has 284 valence electrons. The molecule has 1 unspecified atom stereocenters. The molecule has 0 aliphatic heterocycles. The van der Waals surface area contributed by atoms with Gasteiger partial charge in [-0.3, -0.25) is 19.8 Å². The van der Waals surface area contributed by atoms with E-state index < -0.39 is 29.1 Å². The molecule has 0 saturated carbocycles. The van der Waals surface area contributed by atoms with Crippen molar-refractivity contribution >= 4 is 23.1 Å². The molecular formula is C37H37N9O9. The molecule has 3 heterocycles. The van der Waals surface area contributed by atoms with Gasteiger partial charge in [0.05, 0.1) is 42.8 Å². The van der Waals surface area contributed by atoms with Crippen LogP contribution in [-0.2, 0) is 32.1 Å². The lowest BCUT2D eigenvalue weighted by Gasteiger charge is -2.19. The van der Waals surface area contributed by atoms with Crippen LogP contribution in [0.25, 0.3) is 33.5 Å². The van der Waals surface area contributed by atoms with E-state index in [0.29, 0.717) is 22.7 Å². The van der Waals surface area contributed by atoms with E-state index in [4.69, 9.17) is 24.6 Å². The van der Waals surface area contributed by atoms with Crippen molar-refractivity contribution in [2.45, 2.75) is 32.9 Å². The van der Waals surface area contributed by atoms with Crippen LogP contribution in [0.15, 0.2) is 89.7 Å². The number of hydrogen-bond acceptors (Lipinski definition) is 15. The molecule has 0 aliphatic rings. The summed E-state index contributed by atoms with van der Waals surface area (Å²) in [7, 11) is 0. The van der Waals surface area contributed by atoms with Crippen LogP contribution in [0.3, 0.4) is 0 Å². The predicted molar refractivity (Wildman–Crippen MR) is 194 cm³/mol. The maximum atomic E-state index is 13.7. The van der Waals surface area contributed by atoms with E-state index in [2.05, 4.69) is 40.7 Å². The molecule has 3 aromatic carbocycles. The quantitative estimate of drug-likeness (QED) is 0.0629. The third-order valence-corrected chi connectivity index (χ3v) is 8.31. The second-order valence-corrected chi connectivity index (χ2v) is 12.1. The summed E-state index contributed by atoms with van der Waals surface area (Å²) in [6, 6.07) is 24.5. The fraction of sp³-hybridized carbons (Fsp3) is 0.243. The summed E-state index contributed by atoms with van der Waals surface area (Å²) in [6.07, 6.45) is -0.920. The van der Waals surface area contributed by atoms with Gasteiger partial charge in [0.15, 0.2) is 17.2 Å². The number of esters is 1. The van der Waals surface area contributed by atoms with Crippen molar-refractivity contribution in [3.05, 3.63) is 118 Å². The first-order valence-electron chi connectivity index (χ1n) is 17.0. The number of H-pyrrole nitrogens is 1. The van der Waals surface area contributed by atoms with E-state index in [1.54, 1.807) is 38.1 Å². The fourth-order valence-corrected chi connectivity index (χ4v) is 5.86. The number of carbonyl (C=O) groups is 2. The summed E-state index contributed by atoms with van der Waals surface area (Å²) in [5.41, 5.74) is 4.50. The number of nitrogens with one attached hydrogen (secondary N) is 2. The zero-order valence-electron chi connectivity index (χ0n) is 29.8. The summed E-state index contributed by atoms with van der Waals surface area (Å²) < 4.78 is 17.8. The van der Waals surface area contributed by atoms with Crippen molar-refractivity contribution in [1.29, 1.82) is 0 Å². The van der Waals surface area contributed by atoms with Gasteiger partial charge in [-0.2, -0.15) is 0 Å². The highest BCUT2D eigenvalue weighted by atomic mass is 17.1. The molecule has 6 aromatic rings. The summed E-state index contributed by atoms with van der Waals surface area (Å²) >= 11 is 0. The zero-order chi connectivity index (χ0) is 38.7. The van der Waals surface area contributed by atoms with Crippen LogP contribution in [0.4, 0.5) is 4.79 Å². The highest BCUT2D eigenvalue weighted by Gasteiger charge is 2.25. The first-order chi connectivity index (χ1) is 26.7. The van der Waals surface area contributed by atoms with Crippen molar-refractivity contribution < 1.29 is 39.1 Å². The third-order valence-electron chi connectivity index (χ3n) is 8.31. The molecule has 0 aliphatic carbocycles. The molecule has 6 rings (SSSR count). The lowest BCUT2D eigenvalue weighted by molar-refractivity contribution is -0.493. The average Bonchev–Trinajstić information content (AvgIpc) is 3.71. The number of benzene rings is 3. The Morgan fingerprint density at radius 1 is 0.891 bits per heavy atom. The standard InChI is InChI=1S/C37H37N9O9/c1-23-33-31(55-37(49)40-30(20-25-8-4-3-5-9-25)36(48)53-18-16-52-17-19-54-46(50)51)21-32(47)45(35(33)39-24(2)38-23)22-26-12-14-27(15-13-26)28-10-6-7-11-29(28)34-41-43-44-42-34/h3-15,21,30,50-51H,16-20,22H2,1-2H3,(H,40,49)(H,41,42,43,44). The van der Waals surface area contributed by atoms with Crippen LogP contribution in [-0.4, -0.2) is 95.5 Å². The molecule has 0 saturated heterocycles. The molecule has 3 aromatic heterocycles. The van der Waals surface area contributed by atoms with Gasteiger partial charge in [-0.1, -0.05) is 78.9 Å². The Balaban J connectivity index is 1.19. The van der Waals surface area contributed by atoms with E-state index in [9.17, 15) is 14.4 Å². The second kappa shape index (κ2) is 18.1. The van der Waals surface area contributed by atoms with Crippen molar-refractivity contribution in [3.8, 4) is 28.3 Å². The minimum atomic E-state index is -1.16. The highest BCUT2D eigenvalue weighted by Crippen LogP contribution is 2.30. The monoisotopic (exact) mass is 751 g/mol. The molecule has 1 atom stereocenters. The molecule has 55 heavy (non-hydrogen) atoms. The fourth-order valence-electron chi connectivity index (χ4n) is 5.86. The van der Waals surface area contributed by atoms with E-state index in [0.717, 1.165) is 27.8 Å². The molecule has 1 amide bonds. The number of aryl methyl sites for hydroxylation is 2. The number of tetrazole rings is 1. The number of pyridine rings is 1. The normalized spacial score (nSPS) is 11.8. The molecule has 0 bridgehead atoms. The Kier molecular flexibility index (Phi) is 12.6. The van der Waals surface area contributed by atoms with Crippen LogP contribution in [0, 0.1) is 13.8 Å². The number of hydrogen-bond donors (Lipinski definition) is 4. The van der Waals surface area contributed by atoms with Gasteiger partial charge in [-0.05, 0) is 46.5 Å². The van der Waals surface area contributed by atoms with E-state index in [1.807, 2.05) is 54.6 Å². The highest BCUT2D eigenvalue weighted by molar-refractivity contribution is 5.89. The summed E-state index contributed by atoms with van der Waals surface area (Å²) in [5.74, 6) is 0.125. The van der Waals surface area contributed by atoms with E-state index >= 15 is 0 Å². The number of fused-ring (bicyclic) bond motifs is 1. The topological polar surface area (TPSA) is 229 Å². The number of carbonyl (C=O) groups excluding carboxylic acids is 2. The van der Waals surface area contributed by atoms with Crippen molar-refractivity contribution in [2.24, 2.45) is 0 Å². The lowest BCUT2D eigenvalue weighted by atomic mass is 9.98. The van der Waals surface area contributed by atoms with Gasteiger partial charge in [0.2, 0.25) is 0 Å². The Hall–Kier alpha value is -6.44. The largest absolute Gasteiger partial charge is 0.462 e. The predicted octanol–water partition coefficient (Wildman–Crippen LogP) is 3.58. The number of aromatic amines is 1. The summed E-state index contributed by atoms with van der Waals surface area (Å²) in [6.45, 7) is 3.25. The zero-order valence-corrected chi connectivity index (χ0v) is 29.8. The maximum absolute atomic E-state index is 13.7. The van der Waals surface area contributed by atoms with Gasteiger partial charge >= 0.3 is 12.1 Å². The first-order valence-corrected chi connectivity index (χ1v) is 17.0. The molecular weight excluding hydrogens is 714 g/mol. The van der Waals surface area contributed by atoms with Crippen molar-refractivity contribution in [1.82, 2.24) is 45.9 Å². The Morgan fingerprint density at radius 2 is 1.62 bits per heavy atom. The number of rotatable bonds is 16. The maximum Gasteiger partial charge on any atom is 0.413 e. The smallest absolute Gasteiger partial charge is 0.413 e. The lowest BCUT2D eigenvalue weighted by Crippen LogP contribution is -2.45. The van der Waals surface area contributed by atoms with Gasteiger partial charge in [-0.25, -0.2) is 29.5 Å². The summed E-state index contributed by atoms with van der Waals surface area (Å²) in [5, 5.41) is 33.8. The Morgan fingerprint density at radius 3 is 2.35 bits per heavy atom. The SMILES string of the molecule is Cc1nc(C)c2c(OC(=O)NC(Cc3ccccc3)C(=O)OCCOCCON(O)O)cc(=O)n(Cc3ccc(-c4ccccc4-c4nnn[nH]4)cc3)c2n1. The molecule has 0 spiro atoms. The van der Waals surface area contributed by atoms with Crippen LogP contribution in [0.2, 0.25) is 0 Å². The van der Waals surface area contributed by atoms with Crippen molar-refractivity contribution in [3.63, 3.8) is 0 Å². The van der Waals surface area contributed by atoms with E-state index in [1.165, 1.54) is 10.6 Å². The summed E-state index contributed by atoms with van der Waals surface area (Å²) in [4.78, 5) is 53.6. The third kappa shape index (κ3) is 9.96. The number of amides is 1. The molecule has 18 heteroatoms. The van der Waals surface area contributed by atoms with E-state index in [-0.39, 0.29) is 50.8 Å². The molecule has 4 N–H and O–H groups in total. The number of aromatic nitrogens is 7. The average molecular weight is 752 g/mol. The first kappa shape index (κ1) is 38.3. The van der Waals surface area contributed by atoms with Gasteiger partial charge in [0, 0.05) is 18.1 Å². The Labute approximate surface area is 313 Å². The van der Waals surface area contributed by atoms with Crippen LogP contribution >= 0.6 is 0 Å². The van der Waals surface area contributed by atoms with Gasteiger partial charge in [0.1, 0.15) is 18.5 Å². The Bertz CT molecular complexity index is 2280. The molecule has 0 fully saturated rings. The molecule has 0 radical (unpaired) electrons. The van der Waals surface area contributed by atoms with Gasteiger partial charge in [0.25, 0.3) is 5.56 Å². The van der Waals surface area contributed by atoms with Crippen molar-refractivity contribution in [2.75, 3.05) is 26.4 Å². The number of ether oxygens (including phenoxy) is 3. The van der Waals surface area contributed by atoms with Crippen LogP contribution in [0.1, 0.15) is 22.6 Å². The minimum Gasteiger partial charge on any atom is -0.462 e. The number of nitrogens with zero attached hydrogens (tertiary/aromatic N) is 7. The van der Waals surface area contributed by atoms with Crippen LogP contribution in [0.5, 0.6) is 5.75 Å². The molecule has 18 nitrogen and oxygen atoms in total. The minimum absolute atomic E-state index is 0.00643. The van der Waals surface area contributed by atoms with Gasteiger partial charge in [-0.15, -0.1) is 5.10 Å². The van der Waals surface area contributed by atoms with Crippen LogP contribution < -0.4 is 15.6 Å². The second-order valence-electron chi connectivity index (χ2n) is 12.1. The van der Waals surface area contributed by atoms with Gasteiger partial charge < -0.3 is 19.5 Å².